The van der Waals surface area contributed by atoms with Crippen molar-refractivity contribution >= 4 is 63.3 Å². The highest BCUT2D eigenvalue weighted by Crippen LogP contribution is 2.36. The number of ether oxygens (including phenoxy) is 10. The van der Waals surface area contributed by atoms with Crippen LogP contribution in [0.2, 0.25) is 0 Å². The van der Waals surface area contributed by atoms with Crippen LogP contribution in [0.4, 0.5) is 52.7 Å². The van der Waals surface area contributed by atoms with Crippen molar-refractivity contribution in [2.75, 3.05) is 111 Å². The number of thioether (sulfide) groups is 3. The molecule has 0 aliphatic carbocycles. The van der Waals surface area contributed by atoms with Gasteiger partial charge in [0.1, 0.15) is 34.5 Å². The average Bonchev–Trinajstić information content (AvgIpc) is 0.860. The number of carboxylic acid groups (broad SMARTS) is 1. The maximum Gasteiger partial charge on any atom is 0.523 e. The number of aliphatic hydroxyl groups excluding tert-OH is 1. The van der Waals surface area contributed by atoms with Gasteiger partial charge in [-0.15, -0.1) is 35.3 Å². The smallest absolute Gasteiger partial charge is 0.493 e. The van der Waals surface area contributed by atoms with Crippen molar-refractivity contribution in [1.29, 1.82) is 0 Å². The Morgan fingerprint density at radius 3 is 0.962 bits per heavy atom. The topological polar surface area (TPSA) is 227 Å². The monoisotopic (exact) mass is 1580 g/mol. The number of aryl methyl sites for hydroxylation is 3. The molecule has 3 atom stereocenters. The van der Waals surface area contributed by atoms with Crippen molar-refractivity contribution in [2.45, 2.75) is 92.6 Å². The van der Waals surface area contributed by atoms with Gasteiger partial charge in [0.05, 0.1) is 56.8 Å². The number of aliphatic hydroxyl groups is 1. The summed E-state index contributed by atoms with van der Waals surface area (Å²) in [7, 11) is -1.65. The summed E-state index contributed by atoms with van der Waals surface area (Å²) in [4.78, 5) is 36.5. The van der Waals surface area contributed by atoms with E-state index in [0.717, 1.165) is 92.1 Å². The summed E-state index contributed by atoms with van der Waals surface area (Å²) in [6.07, 6.45) is -11.1. The summed E-state index contributed by atoms with van der Waals surface area (Å²) in [6.45, 7) is 11.1. The van der Waals surface area contributed by atoms with Crippen molar-refractivity contribution in [2.24, 2.45) is 17.8 Å². The summed E-state index contributed by atoms with van der Waals surface area (Å²) in [6, 6.07) is 30.8. The highest BCUT2D eigenvalue weighted by atomic mass is 32.2. The molecule has 0 radical (unpaired) electrons. The van der Waals surface area contributed by atoms with Gasteiger partial charge in [0.25, 0.3) is 0 Å². The Morgan fingerprint density at radius 2 is 0.733 bits per heavy atom. The predicted molar refractivity (Wildman–Crippen MR) is 371 cm³/mol. The molecule has 0 spiro atoms. The van der Waals surface area contributed by atoms with Crippen LogP contribution in [-0.4, -0.2) is 153 Å². The van der Waals surface area contributed by atoms with Crippen LogP contribution in [0.25, 0.3) is 0 Å². The number of carbonyl (C=O) groups is 3. The van der Waals surface area contributed by atoms with Crippen LogP contribution in [0.5, 0.6) is 34.5 Å². The van der Waals surface area contributed by atoms with E-state index in [-0.39, 0.29) is 44.2 Å². The molecule has 0 aliphatic rings. The van der Waals surface area contributed by atoms with E-state index in [1.165, 1.54) is 36.4 Å². The summed E-state index contributed by atoms with van der Waals surface area (Å²) in [5.74, 6) is 3.38. The molecule has 0 aliphatic heterocycles. The van der Waals surface area contributed by atoms with Gasteiger partial charge in [0.2, 0.25) is 0 Å². The number of hydrogen-bond acceptors (Lipinski definition) is 20. The van der Waals surface area contributed by atoms with Gasteiger partial charge in [-0.25, -0.2) is 14.4 Å². The molecule has 0 bridgehead atoms. The first kappa shape index (κ1) is 91.7. The first-order valence-electron chi connectivity index (χ1n) is 31.9. The normalized spacial score (nSPS) is 12.5. The third kappa shape index (κ3) is 36.6. The van der Waals surface area contributed by atoms with Gasteiger partial charge < -0.3 is 57.6 Å². The molecule has 3 unspecified atom stereocenters. The van der Waals surface area contributed by atoms with Crippen molar-refractivity contribution in [3.63, 3.8) is 0 Å². The lowest BCUT2D eigenvalue weighted by atomic mass is 10.1. The van der Waals surface area contributed by atoms with Crippen LogP contribution in [0.3, 0.4) is 0 Å². The van der Waals surface area contributed by atoms with Crippen LogP contribution in [0.15, 0.2) is 142 Å². The van der Waals surface area contributed by atoms with E-state index in [2.05, 4.69) is 4.18 Å². The average molecular weight is 1580 g/mol. The Hall–Kier alpha value is -7.47. The van der Waals surface area contributed by atoms with Crippen LogP contribution < -0.4 is 28.4 Å². The highest BCUT2D eigenvalue weighted by Gasteiger charge is 2.46. The minimum Gasteiger partial charge on any atom is -0.493 e. The van der Waals surface area contributed by atoms with Crippen LogP contribution in [-0.2, 0) is 66.2 Å². The minimum absolute atomic E-state index is 0.00680. The SMILES string of the molecule is CCOC(=O)COc1ccc(SCC(CCO)COc2ccc(C(F)(F)F)cc2)cc1C.CCOC(=O)COc1ccc(SCC(CCOC)COc2ccc(C(F)(F)F)cc2)cc1C.COCCC(COc1ccc(C(F)(F)F)cc1)CSc1ccc(OCC(=O)O)c(C)c1.COS(=O)(=O)C(F)(F)F. The Morgan fingerprint density at radius 1 is 0.438 bits per heavy atom. The molecule has 0 amide bonds. The lowest BCUT2D eigenvalue weighted by Gasteiger charge is -2.18. The largest absolute Gasteiger partial charge is 0.523 e. The minimum atomic E-state index is -5.34. The number of carbonyl (C=O) groups excluding carboxylic acids is 2. The van der Waals surface area contributed by atoms with Gasteiger partial charge in [-0.1, -0.05) is 0 Å². The third-order valence-electron chi connectivity index (χ3n) is 14.1. The van der Waals surface area contributed by atoms with E-state index in [9.17, 15) is 80.6 Å². The molecule has 6 rings (SSSR count). The van der Waals surface area contributed by atoms with Gasteiger partial charge in [-0.2, -0.15) is 61.1 Å². The number of methoxy groups -OCH3 is 2. The number of hydrogen-bond donors (Lipinski definition) is 2. The number of rotatable bonds is 38. The molecule has 34 heteroatoms. The molecule has 0 fully saturated rings. The van der Waals surface area contributed by atoms with Gasteiger partial charge in [-0.3, -0.25) is 4.18 Å². The summed E-state index contributed by atoms with van der Waals surface area (Å²) in [5.41, 5.74) is -4.83. The summed E-state index contributed by atoms with van der Waals surface area (Å²) >= 11 is 4.83. The van der Waals surface area contributed by atoms with E-state index in [1.54, 1.807) is 75.5 Å². The molecular formula is C71H84F12O18S4. The van der Waals surface area contributed by atoms with E-state index in [1.807, 2.05) is 63.2 Å². The Kier molecular flexibility index (Phi) is 40.7. The Labute approximate surface area is 614 Å². The fourth-order valence-electron chi connectivity index (χ4n) is 8.43. The zero-order chi connectivity index (χ0) is 78.4. The number of alkyl halides is 12. The van der Waals surface area contributed by atoms with Gasteiger partial charge in [0.15, 0.2) is 19.8 Å². The molecule has 0 saturated heterocycles. The maximum atomic E-state index is 12.7. The first-order valence-corrected chi connectivity index (χ1v) is 36.3. The fourth-order valence-corrected chi connectivity index (χ4v) is 12.0. The molecule has 2 N–H and O–H groups in total. The summed E-state index contributed by atoms with van der Waals surface area (Å²) < 4.78 is 223. The third-order valence-corrected chi connectivity index (χ3v) is 18.7. The van der Waals surface area contributed by atoms with Crippen molar-refractivity contribution in [3.05, 3.63) is 161 Å². The van der Waals surface area contributed by atoms with E-state index in [4.69, 9.17) is 52.5 Å². The number of halogens is 12. The molecular weight excluding hydrogens is 1500 g/mol. The second kappa shape index (κ2) is 46.6. The zero-order valence-electron chi connectivity index (χ0n) is 58.5. The lowest BCUT2D eigenvalue weighted by Crippen LogP contribution is -2.23. The fraction of sp³-hybridized carbons (Fsp3) is 0.451. The van der Waals surface area contributed by atoms with Gasteiger partial charge in [-0.05, 0) is 198 Å². The predicted octanol–water partition coefficient (Wildman–Crippen LogP) is 16.7. The second-order valence-corrected chi connectivity index (χ2v) is 27.3. The van der Waals surface area contributed by atoms with Crippen molar-refractivity contribution in [1.82, 2.24) is 0 Å². The van der Waals surface area contributed by atoms with Crippen LogP contribution in [0, 0.1) is 38.5 Å². The van der Waals surface area contributed by atoms with Crippen molar-refractivity contribution in [3.8, 4) is 34.5 Å². The van der Waals surface area contributed by atoms with Crippen LogP contribution >= 0.6 is 35.3 Å². The van der Waals surface area contributed by atoms with E-state index in [0.29, 0.717) is 93.4 Å². The molecule has 0 heterocycles. The van der Waals surface area contributed by atoms with Gasteiger partial charge >= 0.3 is 52.1 Å². The lowest BCUT2D eigenvalue weighted by molar-refractivity contribution is -0.146. The van der Waals surface area contributed by atoms with Crippen molar-refractivity contribution < 1.29 is 137 Å². The summed E-state index contributed by atoms with van der Waals surface area (Å²) in [5, 5.41) is 18.1. The van der Waals surface area contributed by atoms with E-state index < -0.39 is 75.4 Å². The molecule has 6 aromatic rings. The molecule has 18 nitrogen and oxygen atoms in total. The molecule has 105 heavy (non-hydrogen) atoms. The highest BCUT2D eigenvalue weighted by molar-refractivity contribution is 7.99. The van der Waals surface area contributed by atoms with Crippen LogP contribution in [0.1, 0.15) is 66.5 Å². The number of esters is 2. The van der Waals surface area contributed by atoms with Gasteiger partial charge in [0, 0.05) is 83.7 Å². The number of carboxylic acids is 1. The second-order valence-electron chi connectivity index (χ2n) is 22.3. The standard InChI is InChI=1S/C24H29F3O5S.C23H27F3O5S.C22H25F3O5S.C2H3F3O3S/c1-4-30-23(28)15-32-22-10-9-21(13-17(22)2)33-16-18(11-12-29-3)14-31-20-7-5-19(6-8-20)24(25,26)27;1-3-29-22(28)14-31-21-9-8-20(12-16(21)2)32-15-17(10-11-27)13-30-19-6-4-18(5-7-19)23(24,25)26;1-15-11-19(7-8-20(15)30-13-21(26)27)31-14-16(9-10-28-2)12-29-18-5-3-17(4-6-18)22(23,24)25;1-8-9(6,7)2(3,4)5/h5-10,13,18H,4,11-12,14-16H2,1-3H3;4-9,12,17,27H,3,10-11,13-15H2,1-2H3;3-8,11,16H,9-10,12-14H2,1-2H3,(H,26,27);1H3. The Balaban J connectivity index is 0.000000385. The number of aliphatic carboxylic acids is 1. The van der Waals surface area contributed by atoms with E-state index >= 15 is 0 Å². The zero-order valence-corrected chi connectivity index (χ0v) is 61.7. The first-order chi connectivity index (χ1) is 49.4. The molecule has 584 valence electrons. The molecule has 6 aromatic carbocycles. The Bertz CT molecular complexity index is 3640. The molecule has 0 saturated carbocycles. The molecule has 0 aromatic heterocycles. The quantitative estimate of drug-likeness (QED) is 0.0121. The maximum absolute atomic E-state index is 12.7. The number of benzene rings is 6.